The van der Waals surface area contributed by atoms with Gasteiger partial charge in [0.05, 0.1) is 25.6 Å². The first kappa shape index (κ1) is 15.7. The summed E-state index contributed by atoms with van der Waals surface area (Å²) in [6, 6.07) is 4.39. The van der Waals surface area contributed by atoms with Gasteiger partial charge in [0, 0.05) is 24.3 Å². The first-order valence-electron chi connectivity index (χ1n) is 9.74. The summed E-state index contributed by atoms with van der Waals surface area (Å²) < 4.78 is 7.33. The molecule has 5 rings (SSSR count). The van der Waals surface area contributed by atoms with Crippen molar-refractivity contribution in [3.05, 3.63) is 35.4 Å². The van der Waals surface area contributed by atoms with Crippen LogP contribution in [-0.2, 0) is 11.8 Å². The number of hydrogen-bond donors (Lipinski definition) is 2. The highest BCUT2D eigenvalue weighted by Crippen LogP contribution is 2.63. The van der Waals surface area contributed by atoms with E-state index >= 15 is 0 Å². The number of ether oxygens (including phenoxy) is 1. The van der Waals surface area contributed by atoms with Crippen LogP contribution in [0.5, 0.6) is 11.5 Å². The molecule has 0 aromatic heterocycles. The molecule has 2 aliphatic heterocycles. The van der Waals surface area contributed by atoms with Crippen molar-refractivity contribution in [1.29, 1.82) is 0 Å². The minimum Gasteiger partial charge on any atom is -0.504 e. The van der Waals surface area contributed by atoms with E-state index < -0.39 is 6.10 Å². The average Bonchev–Trinajstić information content (AvgIpc) is 2.96. The van der Waals surface area contributed by atoms with Crippen LogP contribution in [0.3, 0.4) is 0 Å². The molecule has 1 fully saturated rings. The molecule has 25 heavy (non-hydrogen) atoms. The number of phenolic OH excluding ortho intramolecular Hbond substituents is 1. The van der Waals surface area contributed by atoms with Crippen molar-refractivity contribution in [2.24, 2.45) is 5.92 Å². The molecule has 0 radical (unpaired) electrons. The Labute approximate surface area is 149 Å². The van der Waals surface area contributed by atoms with Gasteiger partial charge in [-0.05, 0) is 18.1 Å². The van der Waals surface area contributed by atoms with E-state index in [9.17, 15) is 10.2 Å². The number of unbranched alkanes of at least 4 members (excludes halogenated alkanes) is 1. The van der Waals surface area contributed by atoms with Crippen molar-refractivity contribution in [1.82, 2.24) is 0 Å². The highest BCUT2D eigenvalue weighted by Gasteiger charge is 2.67. The van der Waals surface area contributed by atoms with Crippen LogP contribution in [0.2, 0.25) is 0 Å². The third kappa shape index (κ3) is 1.79. The zero-order valence-electron chi connectivity index (χ0n) is 15.1. The van der Waals surface area contributed by atoms with Crippen LogP contribution >= 0.6 is 0 Å². The maximum atomic E-state index is 10.7. The van der Waals surface area contributed by atoms with Gasteiger partial charge in [0.25, 0.3) is 0 Å². The lowest BCUT2D eigenvalue weighted by atomic mass is 9.52. The van der Waals surface area contributed by atoms with Gasteiger partial charge in [-0.2, -0.15) is 0 Å². The third-order valence-corrected chi connectivity index (χ3v) is 7.56. The lowest BCUT2D eigenvalue weighted by Gasteiger charge is -2.59. The van der Waals surface area contributed by atoms with E-state index in [4.69, 9.17) is 4.74 Å². The van der Waals surface area contributed by atoms with Crippen LogP contribution in [0, 0.1) is 5.92 Å². The zero-order chi connectivity index (χ0) is 17.4. The van der Waals surface area contributed by atoms with Crippen LogP contribution in [-0.4, -0.2) is 53.1 Å². The minimum absolute atomic E-state index is 0.162. The number of hydrogen-bond acceptors (Lipinski definition) is 3. The second kappa shape index (κ2) is 5.01. The Morgan fingerprint density at radius 1 is 1.32 bits per heavy atom. The smallest absolute Gasteiger partial charge is 0.165 e. The van der Waals surface area contributed by atoms with Crippen molar-refractivity contribution >= 4 is 0 Å². The number of aliphatic hydroxyl groups is 1. The summed E-state index contributed by atoms with van der Waals surface area (Å²) in [6.45, 7) is 4.60. The molecule has 0 amide bonds. The number of piperidine rings is 1. The summed E-state index contributed by atoms with van der Waals surface area (Å²) in [5.74, 6) is 1.24. The first-order valence-corrected chi connectivity index (χ1v) is 9.74. The summed E-state index contributed by atoms with van der Waals surface area (Å²) >= 11 is 0. The molecule has 1 saturated heterocycles. The van der Waals surface area contributed by atoms with Crippen molar-refractivity contribution in [3.8, 4) is 11.5 Å². The van der Waals surface area contributed by atoms with Crippen LogP contribution in [0.15, 0.2) is 24.3 Å². The normalized spacial score (nSPS) is 42.8. The van der Waals surface area contributed by atoms with Gasteiger partial charge in [-0.25, -0.2) is 0 Å². The van der Waals surface area contributed by atoms with E-state index in [0.717, 1.165) is 23.9 Å². The SMILES string of the molecule is CCCC[N+]1(C)CC[C@]23c4c5ccc(O)c4O[C@H]2[C@@H](O)C=C[C@H]3[C@H]1C5. The van der Waals surface area contributed by atoms with Crippen molar-refractivity contribution in [2.45, 2.75) is 56.3 Å². The van der Waals surface area contributed by atoms with E-state index in [1.807, 2.05) is 6.08 Å². The number of benzene rings is 1. The molecular weight excluding hydrogens is 314 g/mol. The molecule has 1 aromatic carbocycles. The Morgan fingerprint density at radius 2 is 2.16 bits per heavy atom. The topological polar surface area (TPSA) is 49.7 Å². The lowest BCUT2D eigenvalue weighted by molar-refractivity contribution is -0.944. The van der Waals surface area contributed by atoms with E-state index in [0.29, 0.717) is 17.7 Å². The van der Waals surface area contributed by atoms with Gasteiger partial charge in [0.15, 0.2) is 11.5 Å². The first-order chi connectivity index (χ1) is 12.0. The molecule has 1 spiro atoms. The second-order valence-corrected chi connectivity index (χ2v) is 8.73. The molecule has 1 aromatic rings. The zero-order valence-corrected chi connectivity index (χ0v) is 15.1. The van der Waals surface area contributed by atoms with Crippen LogP contribution in [0.4, 0.5) is 0 Å². The Hall–Kier alpha value is -1.52. The molecule has 4 heteroatoms. The van der Waals surface area contributed by atoms with Gasteiger partial charge in [-0.3, -0.25) is 0 Å². The Balaban J connectivity index is 1.71. The molecule has 2 aliphatic carbocycles. The second-order valence-electron chi connectivity index (χ2n) is 8.73. The average molecular weight is 342 g/mol. The van der Waals surface area contributed by atoms with Crippen LogP contribution in [0.1, 0.15) is 37.3 Å². The van der Waals surface area contributed by atoms with E-state index in [1.54, 1.807) is 6.07 Å². The predicted molar refractivity (Wildman–Crippen MR) is 95.8 cm³/mol. The number of quaternary nitrogens is 1. The summed E-state index contributed by atoms with van der Waals surface area (Å²) in [5.41, 5.74) is 2.35. The summed E-state index contributed by atoms with van der Waals surface area (Å²) in [4.78, 5) is 0. The Bertz CT molecular complexity index is 760. The number of rotatable bonds is 3. The van der Waals surface area contributed by atoms with Gasteiger partial charge >= 0.3 is 0 Å². The monoisotopic (exact) mass is 342 g/mol. The van der Waals surface area contributed by atoms with Crippen molar-refractivity contribution in [3.63, 3.8) is 0 Å². The molecule has 6 atom stereocenters. The number of likely N-dealkylation sites (N-methyl/N-ethyl adjacent to an activating group) is 1. The fourth-order valence-electron chi connectivity index (χ4n) is 6.29. The number of likely N-dealkylation sites (tertiary alicyclic amines) is 1. The highest BCUT2D eigenvalue weighted by molar-refractivity contribution is 5.61. The summed E-state index contributed by atoms with van der Waals surface area (Å²) in [6.07, 6.45) is 7.88. The fraction of sp³-hybridized carbons (Fsp3) is 0.619. The van der Waals surface area contributed by atoms with E-state index in [1.165, 1.54) is 30.5 Å². The molecule has 2 N–H and O–H groups in total. The Kier molecular flexibility index (Phi) is 3.15. The van der Waals surface area contributed by atoms with Crippen molar-refractivity contribution in [2.75, 3.05) is 20.1 Å². The molecule has 4 aliphatic rings. The van der Waals surface area contributed by atoms with Crippen molar-refractivity contribution < 1.29 is 19.4 Å². The molecule has 134 valence electrons. The largest absolute Gasteiger partial charge is 0.504 e. The number of aliphatic hydroxyl groups excluding tert-OH is 1. The quantitative estimate of drug-likeness (QED) is 0.655. The lowest BCUT2D eigenvalue weighted by Crippen LogP contribution is -2.71. The number of nitrogens with zero attached hydrogens (tertiary/aromatic N) is 1. The van der Waals surface area contributed by atoms with Gasteiger partial charge in [-0.15, -0.1) is 0 Å². The number of aromatic hydroxyl groups is 1. The minimum atomic E-state index is -0.595. The van der Waals surface area contributed by atoms with Gasteiger partial charge in [0.2, 0.25) is 0 Å². The number of phenols is 1. The molecule has 2 heterocycles. The van der Waals surface area contributed by atoms with E-state index in [2.05, 4.69) is 26.1 Å². The third-order valence-electron chi connectivity index (χ3n) is 7.56. The van der Waals surface area contributed by atoms with Crippen LogP contribution in [0.25, 0.3) is 0 Å². The highest BCUT2D eigenvalue weighted by atomic mass is 16.5. The maximum Gasteiger partial charge on any atom is 0.165 e. The van der Waals surface area contributed by atoms with Crippen LogP contribution < -0.4 is 4.74 Å². The fourth-order valence-corrected chi connectivity index (χ4v) is 6.29. The van der Waals surface area contributed by atoms with Gasteiger partial charge in [0.1, 0.15) is 18.2 Å². The molecular formula is C21H28NO3+. The van der Waals surface area contributed by atoms with Gasteiger partial charge in [-0.1, -0.05) is 31.6 Å². The predicted octanol–water partition coefficient (Wildman–Crippen LogP) is 2.51. The Morgan fingerprint density at radius 3 is 2.96 bits per heavy atom. The molecule has 4 nitrogen and oxygen atoms in total. The molecule has 2 bridgehead atoms. The molecule has 1 unspecified atom stereocenters. The maximum absolute atomic E-state index is 10.7. The molecule has 0 saturated carbocycles. The van der Waals surface area contributed by atoms with E-state index in [-0.39, 0.29) is 17.3 Å². The summed E-state index contributed by atoms with van der Waals surface area (Å²) in [7, 11) is 2.42. The standard InChI is InChI=1S/C21H27NO3/c1-3-4-10-22(2)11-9-21-14-6-8-17(24)20(21)25-19-16(23)7-5-13(18(19)21)12-15(14)22/h5-8,14-15,17,20,24H,3-4,9-12H2,1-2H3/p+1/t14-,15+,17-,20-,21-,22?/m0/s1. The van der Waals surface area contributed by atoms with Gasteiger partial charge < -0.3 is 19.4 Å². The summed E-state index contributed by atoms with van der Waals surface area (Å²) in [5, 5.41) is 21.0.